The van der Waals surface area contributed by atoms with Crippen LogP contribution in [0.2, 0.25) is 5.02 Å². The summed E-state index contributed by atoms with van der Waals surface area (Å²) in [5.41, 5.74) is 5.04. The second-order valence-corrected chi connectivity index (χ2v) is 7.56. The number of nitrogens with one attached hydrogen (secondary N) is 1. The van der Waals surface area contributed by atoms with E-state index in [0.717, 1.165) is 28.1 Å². The summed E-state index contributed by atoms with van der Waals surface area (Å²) in [6.07, 6.45) is 0. The van der Waals surface area contributed by atoms with Crippen molar-refractivity contribution in [2.24, 2.45) is 0 Å². The predicted octanol–water partition coefficient (Wildman–Crippen LogP) is 4.63. The van der Waals surface area contributed by atoms with Gasteiger partial charge in [-0.2, -0.15) is 15.0 Å². The van der Waals surface area contributed by atoms with E-state index in [1.165, 1.54) is 0 Å². The van der Waals surface area contributed by atoms with Crippen molar-refractivity contribution in [3.05, 3.63) is 106 Å². The highest BCUT2D eigenvalue weighted by atomic mass is 35.5. The summed E-state index contributed by atoms with van der Waals surface area (Å²) in [6.45, 7) is 1.68. The molecule has 31 heavy (non-hydrogen) atoms. The number of carboxylic acid groups (broad SMARTS) is 1. The van der Waals surface area contributed by atoms with E-state index in [0.29, 0.717) is 24.7 Å². The van der Waals surface area contributed by atoms with Crippen molar-refractivity contribution in [1.82, 2.24) is 20.3 Å². The van der Waals surface area contributed by atoms with E-state index in [2.05, 4.69) is 5.32 Å². The molecule has 0 amide bonds. The molecule has 0 saturated carbocycles. The Morgan fingerprint density at radius 3 is 2.23 bits per heavy atom. The number of carboxylic acids is 1. The number of benzene rings is 3. The minimum absolute atomic E-state index is 0.278. The van der Waals surface area contributed by atoms with E-state index in [9.17, 15) is 4.79 Å². The lowest BCUT2D eigenvalue weighted by Gasteiger charge is -2.05. The van der Waals surface area contributed by atoms with Crippen LogP contribution >= 0.6 is 11.6 Å². The molecule has 0 radical (unpaired) electrons. The van der Waals surface area contributed by atoms with Crippen molar-refractivity contribution in [3.8, 4) is 11.3 Å². The van der Waals surface area contributed by atoms with Gasteiger partial charge in [0.25, 0.3) is 0 Å². The lowest BCUT2D eigenvalue weighted by atomic mass is 10.1. The molecular formula is C24H21ClN4O2. The molecule has 0 bridgehead atoms. The molecule has 1 aromatic heterocycles. The van der Waals surface area contributed by atoms with Crippen molar-refractivity contribution in [1.29, 1.82) is 0 Å². The van der Waals surface area contributed by atoms with Crippen LogP contribution < -0.4 is 5.32 Å². The first-order valence-corrected chi connectivity index (χ1v) is 10.2. The van der Waals surface area contributed by atoms with Crippen LogP contribution in [0, 0.1) is 0 Å². The Bertz CT molecular complexity index is 1160. The zero-order chi connectivity index (χ0) is 21.6. The fraction of sp³-hybridized carbons (Fsp3) is 0.125. The van der Waals surface area contributed by atoms with Crippen LogP contribution in [0.25, 0.3) is 11.3 Å². The molecule has 6 nitrogen and oxygen atoms in total. The molecule has 0 fully saturated rings. The molecule has 2 N–H and O–H groups in total. The zero-order valence-corrected chi connectivity index (χ0v) is 17.5. The number of nitrogens with zero attached hydrogens (tertiary/aromatic N) is 3. The summed E-state index contributed by atoms with van der Waals surface area (Å²) in [5, 5.41) is 22.5. The lowest BCUT2D eigenvalue weighted by Crippen LogP contribution is -2.14. The van der Waals surface area contributed by atoms with Crippen LogP contribution in [-0.4, -0.2) is 26.1 Å². The molecule has 0 aliphatic rings. The molecule has 4 aromatic rings. The molecule has 4 rings (SSSR count). The van der Waals surface area contributed by atoms with Crippen molar-refractivity contribution in [2.75, 3.05) is 0 Å². The highest BCUT2D eigenvalue weighted by Crippen LogP contribution is 2.21. The van der Waals surface area contributed by atoms with Gasteiger partial charge in [-0.1, -0.05) is 66.2 Å². The fourth-order valence-corrected chi connectivity index (χ4v) is 3.36. The maximum atomic E-state index is 11.0. The smallest absolute Gasteiger partial charge is 0.335 e. The van der Waals surface area contributed by atoms with E-state index in [-0.39, 0.29) is 5.56 Å². The van der Waals surface area contributed by atoms with Gasteiger partial charge in [-0.05, 0) is 35.4 Å². The van der Waals surface area contributed by atoms with Crippen molar-refractivity contribution in [2.45, 2.75) is 19.6 Å². The second kappa shape index (κ2) is 9.55. The summed E-state index contributed by atoms with van der Waals surface area (Å²) in [7, 11) is 0. The molecule has 3 aromatic carbocycles. The van der Waals surface area contributed by atoms with E-state index < -0.39 is 5.97 Å². The third-order valence-electron chi connectivity index (χ3n) is 4.83. The van der Waals surface area contributed by atoms with Gasteiger partial charge >= 0.3 is 5.97 Å². The van der Waals surface area contributed by atoms with Gasteiger partial charge in [0.1, 0.15) is 11.4 Å². The molecule has 0 unspecified atom stereocenters. The predicted molar refractivity (Wildman–Crippen MR) is 120 cm³/mol. The molecule has 0 spiro atoms. The average Bonchev–Trinajstić information content (AvgIpc) is 3.19. The molecule has 1 heterocycles. The minimum Gasteiger partial charge on any atom is -0.478 e. The first-order valence-electron chi connectivity index (χ1n) is 9.85. The highest BCUT2D eigenvalue weighted by molar-refractivity contribution is 6.30. The molecule has 0 aliphatic heterocycles. The number of hydrogen-bond donors (Lipinski definition) is 2. The minimum atomic E-state index is -0.927. The van der Waals surface area contributed by atoms with Gasteiger partial charge in [-0.15, -0.1) is 0 Å². The standard InChI is InChI=1S/C24H21ClN4O2/c25-21-12-8-18(9-13-21)16-29-27-22(23(28-29)19-4-2-1-3-5-19)15-26-14-17-6-10-20(11-7-17)24(30)31/h1-13,26H,14-16H2,(H,30,31). The summed E-state index contributed by atoms with van der Waals surface area (Å²) in [4.78, 5) is 12.7. The topological polar surface area (TPSA) is 80.0 Å². The molecular weight excluding hydrogens is 412 g/mol. The van der Waals surface area contributed by atoms with Gasteiger partial charge < -0.3 is 10.4 Å². The number of rotatable bonds is 8. The number of aromatic nitrogens is 3. The number of carbonyl (C=O) groups is 1. The molecule has 156 valence electrons. The number of hydrogen-bond acceptors (Lipinski definition) is 4. The first-order chi connectivity index (χ1) is 15.1. The maximum Gasteiger partial charge on any atom is 0.335 e. The van der Waals surface area contributed by atoms with Crippen LogP contribution in [-0.2, 0) is 19.6 Å². The largest absolute Gasteiger partial charge is 0.478 e. The van der Waals surface area contributed by atoms with Crippen LogP contribution in [0.1, 0.15) is 27.2 Å². The van der Waals surface area contributed by atoms with Crippen molar-refractivity contribution >= 4 is 17.6 Å². The van der Waals surface area contributed by atoms with Crippen LogP contribution in [0.3, 0.4) is 0 Å². The third-order valence-corrected chi connectivity index (χ3v) is 5.08. The molecule has 7 heteroatoms. The summed E-state index contributed by atoms with van der Waals surface area (Å²) in [5.74, 6) is -0.927. The quantitative estimate of drug-likeness (QED) is 0.424. The van der Waals surface area contributed by atoms with Gasteiger partial charge in [-0.25, -0.2) is 4.79 Å². The monoisotopic (exact) mass is 432 g/mol. The summed E-state index contributed by atoms with van der Waals surface area (Å²) >= 11 is 5.98. The maximum absolute atomic E-state index is 11.0. The Morgan fingerprint density at radius 2 is 1.55 bits per heavy atom. The van der Waals surface area contributed by atoms with E-state index in [4.69, 9.17) is 26.9 Å². The van der Waals surface area contributed by atoms with Crippen LogP contribution in [0.4, 0.5) is 0 Å². The fourth-order valence-electron chi connectivity index (χ4n) is 3.24. The summed E-state index contributed by atoms with van der Waals surface area (Å²) in [6, 6.07) is 24.5. The van der Waals surface area contributed by atoms with Crippen LogP contribution in [0.5, 0.6) is 0 Å². The Labute approximate surface area is 185 Å². The van der Waals surface area contributed by atoms with Gasteiger partial charge in [0, 0.05) is 23.7 Å². The Kier molecular flexibility index (Phi) is 6.40. The van der Waals surface area contributed by atoms with Gasteiger partial charge in [0.05, 0.1) is 12.1 Å². The zero-order valence-electron chi connectivity index (χ0n) is 16.7. The van der Waals surface area contributed by atoms with Gasteiger partial charge in [0.15, 0.2) is 0 Å². The second-order valence-electron chi connectivity index (χ2n) is 7.12. The SMILES string of the molecule is O=C(O)c1ccc(CNCc2nn(Cc3ccc(Cl)cc3)nc2-c2ccccc2)cc1. The van der Waals surface area contributed by atoms with E-state index in [1.54, 1.807) is 16.9 Å². The first kappa shape index (κ1) is 20.8. The van der Waals surface area contributed by atoms with Gasteiger partial charge in [-0.3, -0.25) is 0 Å². The van der Waals surface area contributed by atoms with Gasteiger partial charge in [0.2, 0.25) is 0 Å². The third kappa shape index (κ3) is 5.36. The average molecular weight is 433 g/mol. The van der Waals surface area contributed by atoms with E-state index in [1.807, 2.05) is 66.7 Å². The molecule has 0 saturated heterocycles. The van der Waals surface area contributed by atoms with Crippen molar-refractivity contribution in [3.63, 3.8) is 0 Å². The van der Waals surface area contributed by atoms with Crippen molar-refractivity contribution < 1.29 is 9.90 Å². The Morgan fingerprint density at radius 1 is 0.871 bits per heavy atom. The molecule has 0 aliphatic carbocycles. The van der Waals surface area contributed by atoms with Crippen LogP contribution in [0.15, 0.2) is 78.9 Å². The Hall–Kier alpha value is -3.48. The van der Waals surface area contributed by atoms with E-state index >= 15 is 0 Å². The summed E-state index contributed by atoms with van der Waals surface area (Å²) < 4.78 is 0. The molecule has 0 atom stereocenters. The Balaban J connectivity index is 1.50. The number of aromatic carboxylic acids is 1. The normalized spacial score (nSPS) is 10.9. The highest BCUT2D eigenvalue weighted by Gasteiger charge is 2.13. The number of halogens is 1. The lowest BCUT2D eigenvalue weighted by molar-refractivity contribution is 0.0697.